The van der Waals surface area contributed by atoms with E-state index in [1.54, 1.807) is 6.07 Å². The van der Waals surface area contributed by atoms with E-state index < -0.39 is 10.0 Å². The summed E-state index contributed by atoms with van der Waals surface area (Å²) in [5.41, 5.74) is 0. The number of terminal acetylenes is 1. The summed E-state index contributed by atoms with van der Waals surface area (Å²) in [6.45, 7) is 3.77. The molecule has 0 aromatic carbocycles. The van der Waals surface area contributed by atoms with Gasteiger partial charge in [0.2, 0.25) is 5.09 Å². The van der Waals surface area contributed by atoms with Crippen LogP contribution in [0.3, 0.4) is 0 Å². The van der Waals surface area contributed by atoms with E-state index in [1.807, 2.05) is 0 Å². The summed E-state index contributed by atoms with van der Waals surface area (Å²) in [5, 5.41) is 3.09. The van der Waals surface area contributed by atoms with E-state index in [-0.39, 0.29) is 5.09 Å². The number of unbranched alkanes of at least 4 members (excludes halogenated alkanes) is 1. The fourth-order valence-corrected chi connectivity index (χ4v) is 2.47. The van der Waals surface area contributed by atoms with Crippen molar-refractivity contribution in [2.75, 3.05) is 13.1 Å². The average molecular weight is 284 g/mol. The van der Waals surface area contributed by atoms with Crippen LogP contribution in [0.1, 0.15) is 31.9 Å². The van der Waals surface area contributed by atoms with Crippen LogP contribution < -0.4 is 10.0 Å². The molecule has 106 valence electrons. The van der Waals surface area contributed by atoms with Gasteiger partial charge in [0.25, 0.3) is 10.0 Å². The Hall–Kier alpha value is -1.29. The van der Waals surface area contributed by atoms with Gasteiger partial charge in [-0.05, 0) is 31.5 Å². The zero-order valence-corrected chi connectivity index (χ0v) is 11.9. The molecule has 1 aromatic rings. The van der Waals surface area contributed by atoms with Crippen LogP contribution in [0.4, 0.5) is 0 Å². The third-order valence-corrected chi connectivity index (χ3v) is 3.75. The molecule has 0 bridgehead atoms. The van der Waals surface area contributed by atoms with E-state index in [0.717, 1.165) is 13.0 Å². The summed E-state index contributed by atoms with van der Waals surface area (Å²) >= 11 is 0. The summed E-state index contributed by atoms with van der Waals surface area (Å²) in [6.07, 6.45) is 7.28. The van der Waals surface area contributed by atoms with Crippen molar-refractivity contribution in [1.82, 2.24) is 10.0 Å². The molecular formula is C13H20N2O3S. The van der Waals surface area contributed by atoms with Crippen LogP contribution in [0.2, 0.25) is 0 Å². The number of furan rings is 1. The first kappa shape index (κ1) is 15.8. The highest BCUT2D eigenvalue weighted by Crippen LogP contribution is 2.13. The lowest BCUT2D eigenvalue weighted by Crippen LogP contribution is -2.24. The van der Waals surface area contributed by atoms with Crippen molar-refractivity contribution in [3.05, 3.63) is 17.9 Å². The first-order valence-corrected chi connectivity index (χ1v) is 7.81. The molecule has 1 heterocycles. The van der Waals surface area contributed by atoms with Gasteiger partial charge in [-0.25, -0.2) is 13.1 Å². The van der Waals surface area contributed by atoms with Crippen molar-refractivity contribution >= 4 is 10.0 Å². The maximum absolute atomic E-state index is 11.9. The number of sulfonamides is 1. The lowest BCUT2D eigenvalue weighted by molar-refractivity contribution is 0.400. The zero-order valence-electron chi connectivity index (χ0n) is 11.1. The molecule has 1 aromatic heterocycles. The molecule has 0 fully saturated rings. The SMILES string of the molecule is C#CCCCNS(=O)(=O)c1ccc(CNCCC)o1. The van der Waals surface area contributed by atoms with Crippen LogP contribution in [0, 0.1) is 12.3 Å². The van der Waals surface area contributed by atoms with Crippen molar-refractivity contribution in [3.8, 4) is 12.3 Å². The molecule has 0 aliphatic heterocycles. The molecule has 0 radical (unpaired) electrons. The first-order valence-electron chi connectivity index (χ1n) is 6.32. The van der Waals surface area contributed by atoms with E-state index in [2.05, 4.69) is 22.9 Å². The van der Waals surface area contributed by atoms with E-state index in [1.165, 1.54) is 6.07 Å². The topological polar surface area (TPSA) is 71.3 Å². The molecular weight excluding hydrogens is 264 g/mol. The highest BCUT2D eigenvalue weighted by Gasteiger charge is 2.17. The van der Waals surface area contributed by atoms with Gasteiger partial charge in [-0.15, -0.1) is 12.3 Å². The minimum atomic E-state index is -3.56. The second kappa shape index (κ2) is 8.00. The summed E-state index contributed by atoms with van der Waals surface area (Å²) < 4.78 is 31.5. The van der Waals surface area contributed by atoms with Crippen LogP contribution in [-0.4, -0.2) is 21.5 Å². The van der Waals surface area contributed by atoms with E-state index in [0.29, 0.717) is 31.7 Å². The number of hydrogen-bond acceptors (Lipinski definition) is 4. The smallest absolute Gasteiger partial charge is 0.273 e. The molecule has 0 saturated carbocycles. The molecule has 0 aliphatic rings. The predicted octanol–water partition coefficient (Wildman–Crippen LogP) is 1.47. The third-order valence-electron chi connectivity index (χ3n) is 2.42. The van der Waals surface area contributed by atoms with E-state index in [9.17, 15) is 8.42 Å². The molecule has 0 spiro atoms. The van der Waals surface area contributed by atoms with Crippen LogP contribution >= 0.6 is 0 Å². The maximum atomic E-state index is 11.9. The Morgan fingerprint density at radius 1 is 1.37 bits per heavy atom. The second-order valence-electron chi connectivity index (χ2n) is 4.10. The van der Waals surface area contributed by atoms with Gasteiger partial charge in [0, 0.05) is 13.0 Å². The standard InChI is InChI=1S/C13H20N2O3S/c1-3-5-6-10-15-19(16,17)13-8-7-12(18-13)11-14-9-4-2/h1,7-8,14-15H,4-6,9-11H2,2H3. The van der Waals surface area contributed by atoms with Crippen molar-refractivity contribution in [2.45, 2.75) is 37.8 Å². The quantitative estimate of drug-likeness (QED) is 0.532. The zero-order chi connectivity index (χ0) is 14.1. The highest BCUT2D eigenvalue weighted by atomic mass is 32.2. The molecule has 1 rings (SSSR count). The Morgan fingerprint density at radius 2 is 2.16 bits per heavy atom. The van der Waals surface area contributed by atoms with Crippen LogP contribution in [0.5, 0.6) is 0 Å². The molecule has 19 heavy (non-hydrogen) atoms. The summed E-state index contributed by atoms with van der Waals surface area (Å²) in [6, 6.07) is 3.13. The number of hydrogen-bond donors (Lipinski definition) is 2. The predicted molar refractivity (Wildman–Crippen MR) is 74.0 cm³/mol. The van der Waals surface area contributed by atoms with Crippen molar-refractivity contribution in [3.63, 3.8) is 0 Å². The molecule has 0 atom stereocenters. The lowest BCUT2D eigenvalue weighted by atomic mass is 10.3. The summed E-state index contributed by atoms with van der Waals surface area (Å²) in [7, 11) is -3.56. The molecule has 2 N–H and O–H groups in total. The van der Waals surface area contributed by atoms with Gasteiger partial charge in [-0.2, -0.15) is 0 Å². The molecule has 0 aliphatic carbocycles. The normalized spacial score (nSPS) is 11.4. The van der Waals surface area contributed by atoms with Gasteiger partial charge in [0.15, 0.2) is 0 Å². The van der Waals surface area contributed by atoms with Crippen molar-refractivity contribution < 1.29 is 12.8 Å². The second-order valence-corrected chi connectivity index (χ2v) is 5.80. The number of rotatable bonds is 9. The van der Waals surface area contributed by atoms with Crippen molar-refractivity contribution in [1.29, 1.82) is 0 Å². The van der Waals surface area contributed by atoms with Crippen LogP contribution in [0.25, 0.3) is 0 Å². The monoisotopic (exact) mass is 284 g/mol. The Morgan fingerprint density at radius 3 is 2.84 bits per heavy atom. The Balaban J connectivity index is 2.52. The van der Waals surface area contributed by atoms with E-state index >= 15 is 0 Å². The van der Waals surface area contributed by atoms with Gasteiger partial charge in [0.1, 0.15) is 5.76 Å². The molecule has 0 unspecified atom stereocenters. The van der Waals surface area contributed by atoms with Gasteiger partial charge >= 0.3 is 0 Å². The van der Waals surface area contributed by atoms with Gasteiger partial charge in [0.05, 0.1) is 6.54 Å². The van der Waals surface area contributed by atoms with Gasteiger partial charge in [-0.1, -0.05) is 6.92 Å². The molecule has 5 nitrogen and oxygen atoms in total. The largest absolute Gasteiger partial charge is 0.447 e. The molecule has 0 amide bonds. The first-order chi connectivity index (χ1) is 9.10. The number of nitrogens with one attached hydrogen (secondary N) is 2. The van der Waals surface area contributed by atoms with Gasteiger partial charge < -0.3 is 9.73 Å². The van der Waals surface area contributed by atoms with Crippen LogP contribution in [-0.2, 0) is 16.6 Å². The minimum Gasteiger partial charge on any atom is -0.447 e. The summed E-state index contributed by atoms with van der Waals surface area (Å²) in [4.78, 5) is 0. The van der Waals surface area contributed by atoms with E-state index in [4.69, 9.17) is 10.8 Å². The Bertz CT molecular complexity index is 514. The third kappa shape index (κ3) is 5.47. The Kier molecular flexibility index (Phi) is 6.64. The highest BCUT2D eigenvalue weighted by molar-refractivity contribution is 7.89. The van der Waals surface area contributed by atoms with Crippen LogP contribution in [0.15, 0.2) is 21.6 Å². The fourth-order valence-electron chi connectivity index (χ4n) is 1.45. The minimum absolute atomic E-state index is 0.0542. The molecule has 6 heteroatoms. The van der Waals surface area contributed by atoms with Gasteiger partial charge in [-0.3, -0.25) is 0 Å². The Labute approximate surface area is 114 Å². The maximum Gasteiger partial charge on any atom is 0.273 e. The summed E-state index contributed by atoms with van der Waals surface area (Å²) in [5.74, 6) is 3.07. The van der Waals surface area contributed by atoms with Crippen molar-refractivity contribution in [2.24, 2.45) is 0 Å². The fraction of sp³-hybridized carbons (Fsp3) is 0.538. The lowest BCUT2D eigenvalue weighted by Gasteiger charge is -2.03. The molecule has 0 saturated heterocycles. The average Bonchev–Trinajstić information content (AvgIpc) is 2.85.